The zero-order chi connectivity index (χ0) is 11.0. The lowest BCUT2D eigenvalue weighted by Gasteiger charge is -2.01. The summed E-state index contributed by atoms with van der Waals surface area (Å²) in [5.74, 6) is 0.348. The molecule has 0 saturated heterocycles. The summed E-state index contributed by atoms with van der Waals surface area (Å²) in [5.41, 5.74) is 8.14. The van der Waals surface area contributed by atoms with Crippen molar-refractivity contribution in [1.82, 2.24) is 5.16 Å². The van der Waals surface area contributed by atoms with Crippen molar-refractivity contribution in [2.24, 2.45) is 0 Å². The molecular formula is C10H8ClIN2O. The maximum atomic E-state index is 5.93. The van der Waals surface area contributed by atoms with E-state index in [1.165, 1.54) is 0 Å². The van der Waals surface area contributed by atoms with Gasteiger partial charge in [0.2, 0.25) is 5.88 Å². The molecule has 2 rings (SSSR count). The standard InChI is InChI=1S/C10H8ClIN2O/c1-5-9(14-15-10(5)13)7-4-6(11)2-3-8(7)12/h2-4H,13H2,1H3. The molecule has 1 aromatic carbocycles. The van der Waals surface area contributed by atoms with Crippen molar-refractivity contribution < 1.29 is 4.52 Å². The Balaban J connectivity index is 2.63. The molecule has 5 heteroatoms. The van der Waals surface area contributed by atoms with Gasteiger partial charge in [-0.25, -0.2) is 0 Å². The van der Waals surface area contributed by atoms with Crippen molar-refractivity contribution in [3.8, 4) is 11.3 Å². The number of benzene rings is 1. The summed E-state index contributed by atoms with van der Waals surface area (Å²) in [5, 5.41) is 4.60. The smallest absolute Gasteiger partial charge is 0.225 e. The predicted molar refractivity (Wildman–Crippen MR) is 68.8 cm³/mol. The first-order valence-electron chi connectivity index (χ1n) is 4.26. The molecule has 1 heterocycles. The van der Waals surface area contributed by atoms with Crippen molar-refractivity contribution in [3.05, 3.63) is 32.4 Å². The number of hydrogen-bond donors (Lipinski definition) is 1. The molecule has 0 aliphatic heterocycles. The van der Waals surface area contributed by atoms with Crippen LogP contribution >= 0.6 is 34.2 Å². The number of nitrogen functional groups attached to an aromatic ring is 1. The highest BCUT2D eigenvalue weighted by Gasteiger charge is 2.13. The Morgan fingerprint density at radius 3 is 2.80 bits per heavy atom. The molecule has 0 amide bonds. The van der Waals surface area contributed by atoms with Crippen LogP contribution in [0.2, 0.25) is 5.02 Å². The van der Waals surface area contributed by atoms with Crippen LogP contribution in [0.1, 0.15) is 5.56 Å². The predicted octanol–water partition coefficient (Wildman–Crippen LogP) is 3.49. The first-order chi connectivity index (χ1) is 7.09. The van der Waals surface area contributed by atoms with Crippen LogP contribution in [0.5, 0.6) is 0 Å². The van der Waals surface area contributed by atoms with E-state index in [-0.39, 0.29) is 0 Å². The molecule has 0 fully saturated rings. The van der Waals surface area contributed by atoms with E-state index in [1.807, 2.05) is 25.1 Å². The van der Waals surface area contributed by atoms with Crippen molar-refractivity contribution in [1.29, 1.82) is 0 Å². The van der Waals surface area contributed by atoms with Gasteiger partial charge in [0.05, 0.1) is 0 Å². The molecular weight excluding hydrogens is 326 g/mol. The van der Waals surface area contributed by atoms with Gasteiger partial charge < -0.3 is 10.3 Å². The molecule has 0 aliphatic carbocycles. The maximum Gasteiger partial charge on any atom is 0.225 e. The lowest BCUT2D eigenvalue weighted by Crippen LogP contribution is -1.87. The molecule has 0 aliphatic rings. The van der Waals surface area contributed by atoms with Crippen LogP contribution in [0.15, 0.2) is 22.7 Å². The fourth-order valence-electron chi connectivity index (χ4n) is 1.28. The zero-order valence-electron chi connectivity index (χ0n) is 7.92. The van der Waals surface area contributed by atoms with Gasteiger partial charge in [0.25, 0.3) is 0 Å². The molecule has 78 valence electrons. The largest absolute Gasteiger partial charge is 0.367 e. The van der Waals surface area contributed by atoms with Gasteiger partial charge in [0, 0.05) is 19.7 Å². The molecule has 0 saturated carbocycles. The summed E-state index contributed by atoms with van der Waals surface area (Å²) in [6.07, 6.45) is 0. The van der Waals surface area contributed by atoms with Crippen molar-refractivity contribution in [2.45, 2.75) is 6.92 Å². The lowest BCUT2D eigenvalue weighted by atomic mass is 10.1. The number of rotatable bonds is 1. The Morgan fingerprint density at radius 2 is 2.20 bits per heavy atom. The van der Waals surface area contributed by atoms with E-state index in [4.69, 9.17) is 21.9 Å². The quantitative estimate of drug-likeness (QED) is 0.812. The van der Waals surface area contributed by atoms with Crippen molar-refractivity contribution in [3.63, 3.8) is 0 Å². The molecule has 15 heavy (non-hydrogen) atoms. The third-order valence-electron chi connectivity index (χ3n) is 2.14. The molecule has 0 unspecified atom stereocenters. The Labute approximate surface area is 106 Å². The summed E-state index contributed by atoms with van der Waals surface area (Å²) >= 11 is 8.16. The first-order valence-corrected chi connectivity index (χ1v) is 5.72. The number of anilines is 1. The molecule has 0 radical (unpaired) electrons. The van der Waals surface area contributed by atoms with Crippen LogP contribution < -0.4 is 5.73 Å². The topological polar surface area (TPSA) is 52.0 Å². The van der Waals surface area contributed by atoms with E-state index in [2.05, 4.69) is 27.7 Å². The molecule has 2 aromatic rings. The SMILES string of the molecule is Cc1c(-c2cc(Cl)ccc2I)noc1N. The molecule has 0 atom stereocenters. The van der Waals surface area contributed by atoms with E-state index >= 15 is 0 Å². The second kappa shape index (κ2) is 4.02. The van der Waals surface area contributed by atoms with Gasteiger partial charge in [-0.2, -0.15) is 0 Å². The summed E-state index contributed by atoms with van der Waals surface area (Å²) in [6.45, 7) is 1.87. The third kappa shape index (κ3) is 1.96. The Kier molecular flexibility index (Phi) is 2.88. The zero-order valence-corrected chi connectivity index (χ0v) is 10.8. The van der Waals surface area contributed by atoms with Crippen LogP contribution in [0.3, 0.4) is 0 Å². The van der Waals surface area contributed by atoms with E-state index < -0.39 is 0 Å². The summed E-state index contributed by atoms with van der Waals surface area (Å²) < 4.78 is 5.99. The van der Waals surface area contributed by atoms with Crippen LogP contribution in [0.25, 0.3) is 11.3 Å². The van der Waals surface area contributed by atoms with Crippen LogP contribution in [-0.2, 0) is 0 Å². The van der Waals surface area contributed by atoms with Gasteiger partial charge in [-0.3, -0.25) is 0 Å². The fourth-order valence-corrected chi connectivity index (χ4v) is 2.04. The minimum atomic E-state index is 0.348. The van der Waals surface area contributed by atoms with Gasteiger partial charge in [-0.1, -0.05) is 16.8 Å². The monoisotopic (exact) mass is 334 g/mol. The summed E-state index contributed by atoms with van der Waals surface area (Å²) in [6, 6.07) is 5.63. The maximum absolute atomic E-state index is 5.93. The Morgan fingerprint density at radius 1 is 1.47 bits per heavy atom. The van der Waals surface area contributed by atoms with Gasteiger partial charge in [0.1, 0.15) is 5.69 Å². The van der Waals surface area contributed by atoms with E-state index in [1.54, 1.807) is 0 Å². The normalized spacial score (nSPS) is 10.6. The number of aromatic nitrogens is 1. The number of hydrogen-bond acceptors (Lipinski definition) is 3. The van der Waals surface area contributed by atoms with Crippen molar-refractivity contribution >= 4 is 40.1 Å². The van der Waals surface area contributed by atoms with Crippen molar-refractivity contribution in [2.75, 3.05) is 5.73 Å². The molecule has 1 aromatic heterocycles. The minimum absolute atomic E-state index is 0.348. The Hall–Kier alpha value is -0.750. The van der Waals surface area contributed by atoms with Gasteiger partial charge >= 0.3 is 0 Å². The van der Waals surface area contributed by atoms with Gasteiger partial charge in [-0.15, -0.1) is 0 Å². The van der Waals surface area contributed by atoms with Crippen LogP contribution in [-0.4, -0.2) is 5.16 Å². The minimum Gasteiger partial charge on any atom is -0.367 e. The number of nitrogens with two attached hydrogens (primary N) is 1. The summed E-state index contributed by atoms with van der Waals surface area (Å²) in [4.78, 5) is 0. The lowest BCUT2D eigenvalue weighted by molar-refractivity contribution is 0.439. The van der Waals surface area contributed by atoms with Crippen LogP contribution in [0.4, 0.5) is 5.88 Å². The number of halogens is 2. The van der Waals surface area contributed by atoms with Crippen LogP contribution in [0, 0.1) is 10.5 Å². The highest BCUT2D eigenvalue weighted by atomic mass is 127. The molecule has 0 bridgehead atoms. The Bertz CT molecular complexity index is 510. The van der Waals surface area contributed by atoms with Gasteiger partial charge in [-0.05, 0) is 47.7 Å². The highest BCUT2D eigenvalue weighted by molar-refractivity contribution is 14.1. The molecule has 0 spiro atoms. The van der Waals surface area contributed by atoms with E-state index in [0.717, 1.165) is 20.4 Å². The highest BCUT2D eigenvalue weighted by Crippen LogP contribution is 2.31. The second-order valence-electron chi connectivity index (χ2n) is 3.14. The number of nitrogens with zero attached hydrogens (tertiary/aromatic N) is 1. The molecule has 3 nitrogen and oxygen atoms in total. The van der Waals surface area contributed by atoms with E-state index in [9.17, 15) is 0 Å². The van der Waals surface area contributed by atoms with E-state index in [0.29, 0.717) is 10.9 Å². The first kappa shape index (κ1) is 10.8. The average molecular weight is 335 g/mol. The third-order valence-corrected chi connectivity index (χ3v) is 3.32. The average Bonchev–Trinajstić information content (AvgIpc) is 2.52. The summed E-state index contributed by atoms with van der Waals surface area (Å²) in [7, 11) is 0. The van der Waals surface area contributed by atoms with Gasteiger partial charge in [0.15, 0.2) is 0 Å². The second-order valence-corrected chi connectivity index (χ2v) is 4.74. The molecule has 2 N–H and O–H groups in total. The fraction of sp³-hybridized carbons (Fsp3) is 0.100.